The second-order valence-corrected chi connectivity index (χ2v) is 2.85. The van der Waals surface area contributed by atoms with Gasteiger partial charge in [-0.25, -0.2) is 5.48 Å². The molecule has 66 valence electrons. The average Bonchev–Trinajstić information content (AvgIpc) is 2.07. The van der Waals surface area contributed by atoms with Gasteiger partial charge in [-0.2, -0.15) is 0 Å². The Morgan fingerprint density at radius 3 is 2.58 bits per heavy atom. The van der Waals surface area contributed by atoms with Crippen LogP contribution in [0.4, 0.5) is 0 Å². The molecule has 0 aliphatic heterocycles. The van der Waals surface area contributed by atoms with Gasteiger partial charge in [-0.3, -0.25) is 0 Å². The number of phenolic OH excluding ortho intramolecular Hbond substituents is 1. The number of phenols is 1. The highest BCUT2D eigenvalue weighted by Crippen LogP contribution is 2.23. The van der Waals surface area contributed by atoms with Crippen molar-refractivity contribution in [2.24, 2.45) is 0 Å². The van der Waals surface area contributed by atoms with E-state index >= 15 is 0 Å². The molecule has 0 spiro atoms. The van der Waals surface area contributed by atoms with Crippen molar-refractivity contribution in [3.05, 3.63) is 28.8 Å². The summed E-state index contributed by atoms with van der Waals surface area (Å²) >= 11 is 0. The Morgan fingerprint density at radius 2 is 2.00 bits per heavy atom. The summed E-state index contributed by atoms with van der Waals surface area (Å²) in [5.74, 6) is 0.308. The molecule has 3 heteroatoms. The zero-order valence-electron chi connectivity index (χ0n) is 7.26. The molecule has 0 fully saturated rings. The van der Waals surface area contributed by atoms with E-state index in [1.54, 1.807) is 0 Å². The van der Waals surface area contributed by atoms with Gasteiger partial charge in [-0.15, -0.1) is 0 Å². The Balaban J connectivity index is 3.08. The fraction of sp³-hybridized carbons (Fsp3) is 0.333. The Morgan fingerprint density at radius 1 is 1.33 bits per heavy atom. The number of aryl methyl sites for hydroxylation is 1. The number of hydrogen-bond donors (Lipinski definition) is 3. The van der Waals surface area contributed by atoms with Crippen LogP contribution >= 0.6 is 0 Å². The predicted molar refractivity (Wildman–Crippen MR) is 46.2 cm³/mol. The highest BCUT2D eigenvalue weighted by Gasteiger charge is 2.04. The minimum absolute atomic E-state index is 0.308. The first kappa shape index (κ1) is 9.03. The fourth-order valence-corrected chi connectivity index (χ4v) is 1.15. The Bertz CT molecular complexity index is 284. The van der Waals surface area contributed by atoms with E-state index in [2.05, 4.69) is 5.48 Å². The quantitative estimate of drug-likeness (QED) is 0.585. The first-order valence-electron chi connectivity index (χ1n) is 3.82. The molecule has 12 heavy (non-hydrogen) atoms. The molecule has 0 heterocycles. The van der Waals surface area contributed by atoms with E-state index in [0.717, 1.165) is 16.7 Å². The van der Waals surface area contributed by atoms with Gasteiger partial charge in [0.2, 0.25) is 0 Å². The van der Waals surface area contributed by atoms with Crippen molar-refractivity contribution in [3.8, 4) is 5.75 Å². The summed E-state index contributed by atoms with van der Waals surface area (Å²) in [6.45, 7) is 4.03. The topological polar surface area (TPSA) is 52.5 Å². The second kappa shape index (κ2) is 3.56. The first-order valence-corrected chi connectivity index (χ1v) is 3.82. The lowest BCUT2D eigenvalue weighted by Gasteiger charge is -2.08. The molecule has 3 nitrogen and oxygen atoms in total. The summed E-state index contributed by atoms with van der Waals surface area (Å²) in [6, 6.07) is 3.71. The maximum absolute atomic E-state index is 9.50. The van der Waals surface area contributed by atoms with E-state index in [9.17, 15) is 5.11 Å². The van der Waals surface area contributed by atoms with Crippen LogP contribution < -0.4 is 5.48 Å². The van der Waals surface area contributed by atoms with Gasteiger partial charge in [-0.1, -0.05) is 12.1 Å². The lowest BCUT2D eigenvalue weighted by atomic mass is 10.0. The van der Waals surface area contributed by atoms with Gasteiger partial charge in [0, 0.05) is 6.54 Å². The zero-order valence-corrected chi connectivity index (χ0v) is 7.26. The van der Waals surface area contributed by atoms with Crippen LogP contribution in [-0.2, 0) is 6.54 Å². The van der Waals surface area contributed by atoms with Crippen LogP contribution in [0.5, 0.6) is 5.75 Å². The van der Waals surface area contributed by atoms with Gasteiger partial charge >= 0.3 is 0 Å². The SMILES string of the molecule is Cc1ccc(CNO)c(C)c1O. The monoisotopic (exact) mass is 167 g/mol. The van der Waals surface area contributed by atoms with Gasteiger partial charge in [0.1, 0.15) is 5.75 Å². The molecule has 0 bridgehead atoms. The molecule has 0 saturated carbocycles. The third-order valence-corrected chi connectivity index (χ3v) is 2.01. The lowest BCUT2D eigenvalue weighted by molar-refractivity contribution is 0.161. The van der Waals surface area contributed by atoms with Crippen LogP contribution in [0.3, 0.4) is 0 Å². The van der Waals surface area contributed by atoms with E-state index < -0.39 is 0 Å². The third-order valence-electron chi connectivity index (χ3n) is 2.01. The number of nitrogens with one attached hydrogen (secondary N) is 1. The van der Waals surface area contributed by atoms with Gasteiger partial charge in [-0.05, 0) is 30.5 Å². The summed E-state index contributed by atoms with van der Waals surface area (Å²) in [5.41, 5.74) is 4.64. The van der Waals surface area contributed by atoms with Crippen molar-refractivity contribution in [1.82, 2.24) is 5.48 Å². The normalized spacial score (nSPS) is 10.2. The zero-order chi connectivity index (χ0) is 9.14. The first-order chi connectivity index (χ1) is 5.66. The lowest BCUT2D eigenvalue weighted by Crippen LogP contribution is -2.07. The minimum atomic E-state index is 0.308. The molecular formula is C9H13NO2. The average molecular weight is 167 g/mol. The van der Waals surface area contributed by atoms with Crippen molar-refractivity contribution in [2.45, 2.75) is 20.4 Å². The van der Waals surface area contributed by atoms with Crippen molar-refractivity contribution in [1.29, 1.82) is 0 Å². The molecule has 0 amide bonds. The van der Waals surface area contributed by atoms with Crippen LogP contribution in [0.25, 0.3) is 0 Å². The van der Waals surface area contributed by atoms with Crippen molar-refractivity contribution < 1.29 is 10.3 Å². The minimum Gasteiger partial charge on any atom is -0.507 e. The van der Waals surface area contributed by atoms with Crippen molar-refractivity contribution in [2.75, 3.05) is 0 Å². The molecule has 0 aliphatic carbocycles. The van der Waals surface area contributed by atoms with Crippen molar-refractivity contribution in [3.63, 3.8) is 0 Å². The third kappa shape index (κ3) is 1.57. The van der Waals surface area contributed by atoms with Crippen LogP contribution in [0, 0.1) is 13.8 Å². The molecule has 0 aromatic heterocycles. The van der Waals surface area contributed by atoms with Gasteiger partial charge in [0.25, 0.3) is 0 Å². The second-order valence-electron chi connectivity index (χ2n) is 2.85. The van der Waals surface area contributed by atoms with E-state index in [0.29, 0.717) is 12.3 Å². The molecule has 0 unspecified atom stereocenters. The van der Waals surface area contributed by atoms with Gasteiger partial charge in [0.05, 0.1) is 0 Å². The molecule has 1 aromatic carbocycles. The maximum Gasteiger partial charge on any atom is 0.121 e. The summed E-state index contributed by atoms with van der Waals surface area (Å²) < 4.78 is 0. The molecular weight excluding hydrogens is 154 g/mol. The largest absolute Gasteiger partial charge is 0.507 e. The Kier molecular flexibility index (Phi) is 2.68. The highest BCUT2D eigenvalue weighted by molar-refractivity contribution is 5.43. The molecule has 1 rings (SSSR count). The van der Waals surface area contributed by atoms with Crippen LogP contribution in [-0.4, -0.2) is 10.3 Å². The van der Waals surface area contributed by atoms with Crippen LogP contribution in [0.2, 0.25) is 0 Å². The number of aromatic hydroxyl groups is 1. The molecule has 0 atom stereocenters. The van der Waals surface area contributed by atoms with E-state index in [1.807, 2.05) is 26.0 Å². The summed E-state index contributed by atoms with van der Waals surface area (Å²) in [7, 11) is 0. The standard InChI is InChI=1S/C9H13NO2/c1-6-3-4-8(5-10-12)7(2)9(6)11/h3-4,10-12H,5H2,1-2H3. The number of hydrogen-bond acceptors (Lipinski definition) is 3. The summed E-state index contributed by atoms with van der Waals surface area (Å²) in [4.78, 5) is 0. The maximum atomic E-state index is 9.50. The fourth-order valence-electron chi connectivity index (χ4n) is 1.15. The Labute approximate surface area is 71.6 Å². The predicted octanol–water partition coefficient (Wildman–Crippen LogP) is 1.49. The highest BCUT2D eigenvalue weighted by atomic mass is 16.5. The smallest absolute Gasteiger partial charge is 0.121 e. The van der Waals surface area contributed by atoms with Crippen LogP contribution in [0.1, 0.15) is 16.7 Å². The molecule has 1 aromatic rings. The van der Waals surface area contributed by atoms with E-state index in [-0.39, 0.29) is 0 Å². The number of benzene rings is 1. The van der Waals surface area contributed by atoms with E-state index in [4.69, 9.17) is 5.21 Å². The number of rotatable bonds is 2. The summed E-state index contributed by atoms with van der Waals surface area (Å²) in [5, 5.41) is 18.0. The molecule has 0 radical (unpaired) electrons. The molecule has 3 N–H and O–H groups in total. The summed E-state index contributed by atoms with van der Waals surface area (Å²) in [6.07, 6.45) is 0. The van der Waals surface area contributed by atoms with Gasteiger partial charge in [0.15, 0.2) is 0 Å². The number of hydroxylamine groups is 1. The van der Waals surface area contributed by atoms with Crippen LogP contribution in [0.15, 0.2) is 12.1 Å². The molecule has 0 saturated heterocycles. The Hall–Kier alpha value is -1.06. The van der Waals surface area contributed by atoms with Crippen molar-refractivity contribution >= 4 is 0 Å². The van der Waals surface area contributed by atoms with Gasteiger partial charge < -0.3 is 10.3 Å². The molecule has 0 aliphatic rings. The van der Waals surface area contributed by atoms with E-state index in [1.165, 1.54) is 0 Å².